The average molecular weight is 515 g/mol. The first-order valence-corrected chi connectivity index (χ1v) is 11.5. The Bertz CT molecular complexity index is 1210. The zero-order valence-electron chi connectivity index (χ0n) is 19.9. The Labute approximate surface area is 203 Å². The lowest BCUT2D eigenvalue weighted by molar-refractivity contribution is -0.138. The quantitative estimate of drug-likeness (QED) is 0.358. The van der Waals surface area contributed by atoms with Crippen LogP contribution >= 0.6 is 0 Å². The number of ether oxygens (including phenoxy) is 1. The van der Waals surface area contributed by atoms with E-state index >= 15 is 0 Å². The van der Waals surface area contributed by atoms with Gasteiger partial charge in [-0.05, 0) is 63.3 Å². The number of hydrogen-bond donors (Lipinski definition) is 3. The molecule has 1 aliphatic heterocycles. The number of nitrogens with zero attached hydrogens (tertiary/aromatic N) is 1. The Hall–Kier alpha value is -2.79. The highest BCUT2D eigenvalue weighted by Gasteiger charge is 2.36. The Kier molecular flexibility index (Phi) is 6.76. The van der Waals surface area contributed by atoms with Crippen LogP contribution in [0.25, 0.3) is 11.0 Å². The summed E-state index contributed by atoms with van der Waals surface area (Å²) in [5, 5.41) is 13.5. The summed E-state index contributed by atoms with van der Waals surface area (Å²) < 4.78 is 85.6. The van der Waals surface area contributed by atoms with Gasteiger partial charge in [0.1, 0.15) is 29.3 Å². The van der Waals surface area contributed by atoms with Gasteiger partial charge in [-0.2, -0.15) is 26.3 Å². The number of aromatic nitrogens is 2. The molecule has 2 aromatic carbocycles. The summed E-state index contributed by atoms with van der Waals surface area (Å²) in [7, 11) is 0. The topological polar surface area (TPSA) is 70.2 Å². The molecule has 2 heterocycles. The molecule has 0 bridgehead atoms. The number of nitrogens with one attached hydrogen (secondary N) is 2. The van der Waals surface area contributed by atoms with Crippen LogP contribution in [0.5, 0.6) is 5.75 Å². The van der Waals surface area contributed by atoms with Crippen LogP contribution in [-0.4, -0.2) is 33.8 Å². The fraction of sp³-hybridized carbons (Fsp3) is 0.480. The average Bonchev–Trinajstić information content (AvgIpc) is 3.20. The molecule has 1 saturated heterocycles. The lowest BCUT2D eigenvalue weighted by Crippen LogP contribution is -2.46. The van der Waals surface area contributed by atoms with Gasteiger partial charge >= 0.3 is 12.4 Å². The maximum Gasteiger partial charge on any atom is 0.418 e. The van der Waals surface area contributed by atoms with E-state index in [1.54, 1.807) is 0 Å². The number of fused-ring (bicyclic) bond motifs is 1. The number of benzene rings is 2. The number of alkyl halides is 6. The molecule has 0 saturated carbocycles. The van der Waals surface area contributed by atoms with E-state index in [1.807, 2.05) is 6.92 Å². The minimum atomic E-state index is -4.69. The Morgan fingerprint density at radius 2 is 1.67 bits per heavy atom. The summed E-state index contributed by atoms with van der Waals surface area (Å²) in [5.41, 5.74) is -2.59. The van der Waals surface area contributed by atoms with Crippen molar-refractivity contribution in [2.75, 3.05) is 6.61 Å². The molecule has 196 valence electrons. The van der Waals surface area contributed by atoms with E-state index in [2.05, 4.69) is 15.3 Å². The lowest BCUT2D eigenvalue weighted by Gasteiger charge is -2.35. The number of rotatable bonds is 5. The number of halogens is 6. The molecule has 0 amide bonds. The molecule has 36 heavy (non-hydrogen) atoms. The summed E-state index contributed by atoms with van der Waals surface area (Å²) in [6.07, 6.45) is -7.83. The normalized spacial score (nSPS) is 21.7. The molecule has 4 rings (SSSR count). The molecule has 1 aromatic heterocycles. The third kappa shape index (κ3) is 5.78. The molecule has 1 fully saturated rings. The molecule has 11 heteroatoms. The van der Waals surface area contributed by atoms with Gasteiger partial charge < -0.3 is 20.1 Å². The van der Waals surface area contributed by atoms with Crippen LogP contribution in [0.3, 0.4) is 0 Å². The third-order valence-electron chi connectivity index (χ3n) is 6.33. The number of H-pyrrole nitrogens is 1. The predicted molar refractivity (Wildman–Crippen MR) is 122 cm³/mol. The van der Waals surface area contributed by atoms with Gasteiger partial charge in [0.2, 0.25) is 0 Å². The Morgan fingerprint density at radius 3 is 2.25 bits per heavy atom. The number of hydrogen-bond acceptors (Lipinski definition) is 4. The SMILES string of the molecule is CC1CC(c2ccc(C(F)(F)F)cc2)CC(COc2cc(C(F)(F)F)c3nc(C(C)(C)O)[nH]c3c2)N1. The minimum Gasteiger partial charge on any atom is -0.492 e. The van der Waals surface area contributed by atoms with Gasteiger partial charge in [-0.25, -0.2) is 4.98 Å². The summed E-state index contributed by atoms with van der Waals surface area (Å²) in [5.74, 6) is -0.0264. The van der Waals surface area contributed by atoms with Crippen LogP contribution in [0.4, 0.5) is 26.3 Å². The van der Waals surface area contributed by atoms with Gasteiger partial charge in [-0.15, -0.1) is 0 Å². The molecule has 3 aromatic rings. The largest absolute Gasteiger partial charge is 0.492 e. The van der Waals surface area contributed by atoms with Crippen molar-refractivity contribution < 1.29 is 36.2 Å². The van der Waals surface area contributed by atoms with Crippen molar-refractivity contribution in [1.29, 1.82) is 0 Å². The second kappa shape index (κ2) is 9.26. The molecular weight excluding hydrogens is 488 g/mol. The van der Waals surface area contributed by atoms with Crippen LogP contribution in [0.2, 0.25) is 0 Å². The van der Waals surface area contributed by atoms with Crippen LogP contribution in [-0.2, 0) is 18.0 Å². The second-order valence-corrected chi connectivity index (χ2v) is 9.87. The standard InChI is InChI=1S/C25H27F6N3O2/c1-13-8-15(14-4-6-16(7-5-14)24(26,27)28)9-17(32-13)12-36-18-10-19(25(29,30)31)21-20(11-18)33-22(34-21)23(2,3)35/h4-7,10-11,13,15,17,32,35H,8-9,12H2,1-3H3,(H,33,34). The van der Waals surface area contributed by atoms with Crippen molar-refractivity contribution in [3.8, 4) is 5.75 Å². The van der Waals surface area contributed by atoms with Crippen molar-refractivity contribution in [3.63, 3.8) is 0 Å². The molecule has 3 unspecified atom stereocenters. The van der Waals surface area contributed by atoms with E-state index in [1.165, 1.54) is 32.0 Å². The van der Waals surface area contributed by atoms with Crippen molar-refractivity contribution in [2.24, 2.45) is 0 Å². The first kappa shape index (κ1) is 26.3. The van der Waals surface area contributed by atoms with E-state index < -0.39 is 29.1 Å². The number of piperidine rings is 1. The number of aliphatic hydroxyl groups is 1. The van der Waals surface area contributed by atoms with E-state index in [-0.39, 0.29) is 47.2 Å². The summed E-state index contributed by atoms with van der Waals surface area (Å²) in [6.45, 7) is 4.84. The van der Waals surface area contributed by atoms with E-state index in [9.17, 15) is 31.4 Å². The van der Waals surface area contributed by atoms with Crippen LogP contribution in [0, 0.1) is 0 Å². The van der Waals surface area contributed by atoms with E-state index in [4.69, 9.17) is 4.74 Å². The van der Waals surface area contributed by atoms with Gasteiger partial charge in [0.15, 0.2) is 0 Å². The fourth-order valence-corrected chi connectivity index (χ4v) is 4.61. The zero-order valence-corrected chi connectivity index (χ0v) is 19.9. The maximum absolute atomic E-state index is 13.7. The van der Waals surface area contributed by atoms with Crippen molar-refractivity contribution >= 4 is 11.0 Å². The Morgan fingerprint density at radius 1 is 1.00 bits per heavy atom. The van der Waals surface area contributed by atoms with Crippen molar-refractivity contribution in [1.82, 2.24) is 15.3 Å². The van der Waals surface area contributed by atoms with E-state index in [0.717, 1.165) is 23.8 Å². The highest BCUT2D eigenvalue weighted by atomic mass is 19.4. The molecule has 0 spiro atoms. The maximum atomic E-state index is 13.7. The second-order valence-electron chi connectivity index (χ2n) is 9.87. The van der Waals surface area contributed by atoms with Crippen molar-refractivity contribution in [2.45, 2.75) is 69.6 Å². The first-order chi connectivity index (χ1) is 16.6. The fourth-order valence-electron chi connectivity index (χ4n) is 4.61. The highest BCUT2D eigenvalue weighted by Crippen LogP contribution is 2.38. The van der Waals surface area contributed by atoms with Gasteiger partial charge in [-0.3, -0.25) is 0 Å². The lowest BCUT2D eigenvalue weighted by atomic mass is 9.83. The zero-order chi connectivity index (χ0) is 26.5. The minimum absolute atomic E-state index is 0.00213. The molecule has 3 N–H and O–H groups in total. The van der Waals surface area contributed by atoms with Crippen LogP contribution < -0.4 is 10.1 Å². The van der Waals surface area contributed by atoms with Crippen molar-refractivity contribution in [3.05, 3.63) is 58.9 Å². The van der Waals surface area contributed by atoms with Gasteiger partial charge in [-0.1, -0.05) is 12.1 Å². The number of aromatic amines is 1. The predicted octanol–water partition coefficient (Wildman–Crippen LogP) is 6.13. The summed E-state index contributed by atoms with van der Waals surface area (Å²) in [4.78, 5) is 6.69. The monoisotopic (exact) mass is 515 g/mol. The van der Waals surface area contributed by atoms with Crippen LogP contribution in [0.1, 0.15) is 62.0 Å². The molecular formula is C25H27F6N3O2. The van der Waals surface area contributed by atoms with Gasteiger partial charge in [0.05, 0.1) is 16.6 Å². The molecule has 5 nitrogen and oxygen atoms in total. The van der Waals surface area contributed by atoms with Gasteiger partial charge in [0, 0.05) is 18.2 Å². The molecule has 0 aliphatic carbocycles. The summed E-state index contributed by atoms with van der Waals surface area (Å²) >= 11 is 0. The smallest absolute Gasteiger partial charge is 0.418 e. The van der Waals surface area contributed by atoms with Gasteiger partial charge in [0.25, 0.3) is 0 Å². The van der Waals surface area contributed by atoms with E-state index in [0.29, 0.717) is 12.8 Å². The number of imidazole rings is 1. The van der Waals surface area contributed by atoms with Crippen LogP contribution in [0.15, 0.2) is 36.4 Å². The highest BCUT2D eigenvalue weighted by molar-refractivity contribution is 5.81. The Balaban J connectivity index is 1.52. The molecule has 0 radical (unpaired) electrons. The summed E-state index contributed by atoms with van der Waals surface area (Å²) in [6, 6.07) is 7.19. The first-order valence-electron chi connectivity index (χ1n) is 11.5. The molecule has 1 aliphatic rings. The third-order valence-corrected chi connectivity index (χ3v) is 6.33. The molecule has 3 atom stereocenters.